The van der Waals surface area contributed by atoms with Crippen LogP contribution in [-0.2, 0) is 11.3 Å². The molecule has 6 nitrogen and oxygen atoms in total. The number of benzene rings is 1. The molecule has 2 aromatic rings. The van der Waals surface area contributed by atoms with E-state index in [1.807, 2.05) is 6.07 Å². The van der Waals surface area contributed by atoms with Crippen molar-refractivity contribution in [3.8, 4) is 11.6 Å². The maximum Gasteiger partial charge on any atom is 0.219 e. The van der Waals surface area contributed by atoms with Crippen molar-refractivity contribution >= 4 is 29.9 Å². The van der Waals surface area contributed by atoms with Gasteiger partial charge in [0.15, 0.2) is 5.96 Å². The number of aliphatic imine (C=N–C) groups is 1. The quantitative estimate of drug-likeness (QED) is 0.293. The predicted molar refractivity (Wildman–Crippen MR) is 136 cm³/mol. The Labute approximate surface area is 207 Å². The Hall–Kier alpha value is -1.94. The molecule has 0 amide bonds. The molecule has 0 aliphatic carbocycles. The van der Waals surface area contributed by atoms with Crippen molar-refractivity contribution in [2.75, 3.05) is 20.2 Å². The third-order valence-electron chi connectivity index (χ3n) is 5.33. The molecule has 1 aliphatic rings. The van der Waals surface area contributed by atoms with Crippen LogP contribution in [0.1, 0.15) is 39.2 Å². The van der Waals surface area contributed by atoms with Crippen molar-refractivity contribution in [2.45, 2.75) is 46.3 Å². The Balaban J connectivity index is 0.00000363. The van der Waals surface area contributed by atoms with E-state index in [9.17, 15) is 4.39 Å². The number of hydrogen-bond acceptors (Lipinski definition) is 4. The van der Waals surface area contributed by atoms with Gasteiger partial charge >= 0.3 is 0 Å². The highest BCUT2D eigenvalue weighted by Gasteiger charge is 2.35. The number of rotatable bonds is 6. The van der Waals surface area contributed by atoms with Crippen LogP contribution in [-0.4, -0.2) is 37.2 Å². The second-order valence-electron chi connectivity index (χ2n) is 8.93. The van der Waals surface area contributed by atoms with Crippen LogP contribution in [0.5, 0.6) is 11.6 Å². The number of nitrogens with one attached hydrogen (secondary N) is 2. The number of aromatic nitrogens is 1. The summed E-state index contributed by atoms with van der Waals surface area (Å²) in [6.07, 6.45) is 4.23. The molecule has 2 N–H and O–H groups in total. The standard InChI is InChI=1S/C24H33FN4O2.HI/c1-24(2,3)22-18(7-6-12-30-22)16-29-23(26-4)28-15-17-10-11-21(27-14-17)31-20-9-5-8-19(25)13-20;/h5,8-11,13-14,18,22H,6-7,12,15-16H2,1-4H3,(H2,26,28,29);1H. The summed E-state index contributed by atoms with van der Waals surface area (Å²) in [5.74, 6) is 1.70. The van der Waals surface area contributed by atoms with E-state index in [2.05, 4.69) is 41.4 Å². The summed E-state index contributed by atoms with van der Waals surface area (Å²) in [7, 11) is 1.77. The van der Waals surface area contributed by atoms with Crippen LogP contribution in [0.2, 0.25) is 0 Å². The van der Waals surface area contributed by atoms with Crippen LogP contribution in [0.25, 0.3) is 0 Å². The molecule has 32 heavy (non-hydrogen) atoms. The van der Waals surface area contributed by atoms with Gasteiger partial charge in [-0.3, -0.25) is 4.99 Å². The first kappa shape index (κ1) is 26.3. The number of nitrogens with zero attached hydrogens (tertiary/aromatic N) is 2. The van der Waals surface area contributed by atoms with E-state index in [4.69, 9.17) is 9.47 Å². The van der Waals surface area contributed by atoms with E-state index in [1.54, 1.807) is 31.4 Å². The molecular formula is C24H34FIN4O2. The molecule has 1 aliphatic heterocycles. The monoisotopic (exact) mass is 556 g/mol. The summed E-state index contributed by atoms with van der Waals surface area (Å²) in [5, 5.41) is 6.76. The van der Waals surface area contributed by atoms with Crippen molar-refractivity contribution in [1.82, 2.24) is 15.6 Å². The highest BCUT2D eigenvalue weighted by Crippen LogP contribution is 2.33. The van der Waals surface area contributed by atoms with E-state index in [1.165, 1.54) is 12.1 Å². The highest BCUT2D eigenvalue weighted by atomic mass is 127. The fourth-order valence-electron chi connectivity index (χ4n) is 3.87. The van der Waals surface area contributed by atoms with Crippen molar-refractivity contribution in [1.29, 1.82) is 0 Å². The van der Waals surface area contributed by atoms with Gasteiger partial charge in [0.2, 0.25) is 5.88 Å². The minimum Gasteiger partial charge on any atom is -0.439 e. The largest absolute Gasteiger partial charge is 0.439 e. The Morgan fingerprint density at radius 2 is 2.06 bits per heavy atom. The van der Waals surface area contributed by atoms with Crippen LogP contribution in [0.15, 0.2) is 47.6 Å². The Morgan fingerprint density at radius 3 is 2.72 bits per heavy atom. The minimum absolute atomic E-state index is 0. The highest BCUT2D eigenvalue weighted by molar-refractivity contribution is 14.0. The zero-order valence-electron chi connectivity index (χ0n) is 19.2. The molecule has 0 radical (unpaired) electrons. The van der Waals surface area contributed by atoms with E-state index < -0.39 is 0 Å². The summed E-state index contributed by atoms with van der Waals surface area (Å²) >= 11 is 0. The van der Waals surface area contributed by atoms with Gasteiger partial charge in [0.1, 0.15) is 11.6 Å². The normalized spacial score (nSPS) is 19.1. The van der Waals surface area contributed by atoms with Gasteiger partial charge in [0, 0.05) is 51.0 Å². The summed E-state index contributed by atoms with van der Waals surface area (Å²) in [6.45, 7) is 8.95. The van der Waals surface area contributed by atoms with Crippen LogP contribution in [0.3, 0.4) is 0 Å². The lowest BCUT2D eigenvalue weighted by Gasteiger charge is -2.40. The lowest BCUT2D eigenvalue weighted by atomic mass is 9.78. The van der Waals surface area contributed by atoms with Crippen LogP contribution in [0, 0.1) is 17.2 Å². The maximum atomic E-state index is 13.3. The number of pyridine rings is 1. The molecule has 1 aromatic carbocycles. The fraction of sp³-hybridized carbons (Fsp3) is 0.500. The average Bonchev–Trinajstić information content (AvgIpc) is 2.74. The maximum absolute atomic E-state index is 13.3. The van der Waals surface area contributed by atoms with Gasteiger partial charge in [0.05, 0.1) is 6.10 Å². The molecule has 1 aromatic heterocycles. The van der Waals surface area contributed by atoms with Crippen molar-refractivity contribution in [3.05, 3.63) is 54.0 Å². The van der Waals surface area contributed by atoms with Crippen LogP contribution >= 0.6 is 24.0 Å². The van der Waals surface area contributed by atoms with E-state index >= 15 is 0 Å². The van der Waals surface area contributed by atoms with Gasteiger partial charge in [-0.05, 0) is 36.0 Å². The molecule has 2 atom stereocenters. The Bertz CT molecular complexity index is 871. The van der Waals surface area contributed by atoms with Gasteiger partial charge in [0.25, 0.3) is 0 Å². The number of hydrogen-bond donors (Lipinski definition) is 2. The summed E-state index contributed by atoms with van der Waals surface area (Å²) < 4.78 is 24.9. The number of halogens is 2. The molecule has 2 unspecified atom stereocenters. The molecule has 8 heteroatoms. The second-order valence-corrected chi connectivity index (χ2v) is 8.93. The zero-order valence-corrected chi connectivity index (χ0v) is 21.6. The first-order chi connectivity index (χ1) is 14.8. The van der Waals surface area contributed by atoms with Gasteiger partial charge < -0.3 is 20.1 Å². The Morgan fingerprint density at radius 1 is 1.25 bits per heavy atom. The lowest BCUT2D eigenvalue weighted by Crippen LogP contribution is -2.47. The molecule has 176 valence electrons. The van der Waals surface area contributed by atoms with Gasteiger partial charge in [-0.2, -0.15) is 0 Å². The minimum atomic E-state index is -0.342. The van der Waals surface area contributed by atoms with E-state index in [0.29, 0.717) is 24.1 Å². The van der Waals surface area contributed by atoms with E-state index in [-0.39, 0.29) is 41.3 Å². The van der Waals surface area contributed by atoms with Gasteiger partial charge in [-0.15, -0.1) is 24.0 Å². The Kier molecular flexibility index (Phi) is 10.1. The molecule has 0 spiro atoms. The predicted octanol–water partition coefficient (Wildman–Crippen LogP) is 5.14. The zero-order chi connectivity index (χ0) is 22.3. The number of ether oxygens (including phenoxy) is 2. The van der Waals surface area contributed by atoms with Gasteiger partial charge in [-0.1, -0.05) is 32.9 Å². The van der Waals surface area contributed by atoms with Crippen molar-refractivity contribution < 1.29 is 13.9 Å². The van der Waals surface area contributed by atoms with Crippen LogP contribution < -0.4 is 15.4 Å². The van der Waals surface area contributed by atoms with Gasteiger partial charge in [-0.25, -0.2) is 9.37 Å². The second kappa shape index (κ2) is 12.3. The first-order valence-corrected chi connectivity index (χ1v) is 10.8. The lowest BCUT2D eigenvalue weighted by molar-refractivity contribution is -0.0835. The fourth-order valence-corrected chi connectivity index (χ4v) is 3.87. The summed E-state index contributed by atoms with van der Waals surface area (Å²) in [4.78, 5) is 8.63. The third-order valence-corrected chi connectivity index (χ3v) is 5.33. The molecule has 1 fully saturated rings. The molecule has 0 bridgehead atoms. The molecule has 2 heterocycles. The number of guanidine groups is 1. The average molecular weight is 556 g/mol. The topological polar surface area (TPSA) is 67.8 Å². The third kappa shape index (κ3) is 7.88. The molecule has 3 rings (SSSR count). The first-order valence-electron chi connectivity index (χ1n) is 10.8. The van der Waals surface area contributed by atoms with Crippen molar-refractivity contribution in [2.24, 2.45) is 16.3 Å². The summed E-state index contributed by atoms with van der Waals surface area (Å²) in [6, 6.07) is 9.69. The van der Waals surface area contributed by atoms with Crippen LogP contribution in [0.4, 0.5) is 4.39 Å². The smallest absolute Gasteiger partial charge is 0.219 e. The molecule has 1 saturated heterocycles. The van der Waals surface area contributed by atoms with E-state index in [0.717, 1.165) is 37.5 Å². The van der Waals surface area contributed by atoms with Crippen molar-refractivity contribution in [3.63, 3.8) is 0 Å². The SMILES string of the molecule is CN=C(NCc1ccc(Oc2cccc(F)c2)nc1)NCC1CCCOC1C(C)(C)C.I. The molecular weight excluding hydrogens is 522 g/mol. The molecule has 0 saturated carbocycles. The summed E-state index contributed by atoms with van der Waals surface area (Å²) in [5.41, 5.74) is 1.10.